The number of likely N-dealkylation sites (tertiary alicyclic amines) is 1. The molecule has 1 aromatic heterocycles. The second-order valence-electron chi connectivity index (χ2n) is 8.52. The van der Waals surface area contributed by atoms with E-state index in [-0.39, 0.29) is 11.5 Å². The van der Waals surface area contributed by atoms with Gasteiger partial charge in [0.05, 0.1) is 21.8 Å². The number of para-hydroxylation sites is 2. The minimum Gasteiger partial charge on any atom is -0.485 e. The maximum absolute atomic E-state index is 13.3. The largest absolute Gasteiger partial charge is 0.485 e. The van der Waals surface area contributed by atoms with Gasteiger partial charge in [-0.1, -0.05) is 30.3 Å². The number of amides is 1. The molecule has 1 amide bonds. The van der Waals surface area contributed by atoms with Crippen molar-refractivity contribution < 1.29 is 9.53 Å². The maximum atomic E-state index is 13.3. The summed E-state index contributed by atoms with van der Waals surface area (Å²) in [5.74, 6) is 1.12. The van der Waals surface area contributed by atoms with Gasteiger partial charge < -0.3 is 14.5 Å². The third-order valence-corrected chi connectivity index (χ3v) is 7.38. The molecule has 2 aliphatic heterocycles. The van der Waals surface area contributed by atoms with Gasteiger partial charge in [-0.2, -0.15) is 0 Å². The number of aromatic nitrogens is 1. The molecule has 5 rings (SSSR count). The van der Waals surface area contributed by atoms with E-state index in [2.05, 4.69) is 24.1 Å². The predicted octanol–water partition coefficient (Wildman–Crippen LogP) is 4.11. The molecule has 0 aliphatic carbocycles. The zero-order valence-corrected chi connectivity index (χ0v) is 18.2. The number of rotatable bonds is 3. The van der Waals surface area contributed by atoms with Gasteiger partial charge in [-0.3, -0.25) is 4.79 Å². The molecule has 156 valence electrons. The van der Waals surface area contributed by atoms with Crippen LogP contribution in [0.25, 0.3) is 10.2 Å². The number of aryl methyl sites for hydroxylation is 1. The smallest absolute Gasteiger partial charge is 0.223 e. The minimum absolute atomic E-state index is 0.188. The summed E-state index contributed by atoms with van der Waals surface area (Å²) in [6.45, 7) is 3.27. The van der Waals surface area contributed by atoms with Crippen LogP contribution >= 0.6 is 11.3 Å². The SMILES string of the molecule is CN1CCC2(CC1)CN(C(=O)CCc1nc3ccccc3s1)Cc1ccccc1O2. The van der Waals surface area contributed by atoms with E-state index >= 15 is 0 Å². The Morgan fingerprint density at radius 2 is 1.90 bits per heavy atom. The number of carbonyl (C=O) groups is 1. The summed E-state index contributed by atoms with van der Waals surface area (Å²) >= 11 is 1.69. The average molecular weight is 422 g/mol. The van der Waals surface area contributed by atoms with Crippen molar-refractivity contribution in [3.63, 3.8) is 0 Å². The van der Waals surface area contributed by atoms with E-state index in [1.165, 1.54) is 4.70 Å². The van der Waals surface area contributed by atoms with E-state index in [0.29, 0.717) is 25.9 Å². The van der Waals surface area contributed by atoms with E-state index in [0.717, 1.165) is 47.8 Å². The summed E-state index contributed by atoms with van der Waals surface area (Å²) in [5.41, 5.74) is 1.83. The lowest BCUT2D eigenvalue weighted by Gasteiger charge is -2.41. The molecule has 1 fully saturated rings. The number of carbonyl (C=O) groups excluding carboxylic acids is 1. The number of hydrogen-bond donors (Lipinski definition) is 0. The standard InChI is InChI=1S/C24H27N3O2S/c1-26-14-12-24(13-15-26)17-27(16-18-6-2-4-8-20(18)29-24)23(28)11-10-22-25-19-7-3-5-9-21(19)30-22/h2-9H,10-17H2,1H3. The molecular formula is C24H27N3O2S. The number of fused-ring (bicyclic) bond motifs is 2. The summed E-state index contributed by atoms with van der Waals surface area (Å²) in [7, 11) is 2.15. The third-order valence-electron chi connectivity index (χ3n) is 6.28. The van der Waals surface area contributed by atoms with E-state index < -0.39 is 0 Å². The van der Waals surface area contributed by atoms with Crippen LogP contribution < -0.4 is 4.74 Å². The molecule has 0 bridgehead atoms. The second kappa shape index (κ2) is 8.00. The highest BCUT2D eigenvalue weighted by atomic mass is 32.1. The lowest BCUT2D eigenvalue weighted by molar-refractivity contribution is -0.135. The molecule has 3 aromatic rings. The van der Waals surface area contributed by atoms with Crippen molar-refractivity contribution in [1.82, 2.24) is 14.8 Å². The molecule has 2 aromatic carbocycles. The summed E-state index contributed by atoms with van der Waals surface area (Å²) in [5, 5.41) is 1.03. The van der Waals surface area contributed by atoms with Gasteiger partial charge >= 0.3 is 0 Å². The Morgan fingerprint density at radius 3 is 2.73 bits per heavy atom. The van der Waals surface area contributed by atoms with Crippen molar-refractivity contribution in [2.45, 2.75) is 37.8 Å². The number of benzene rings is 2. The first-order chi connectivity index (χ1) is 14.6. The van der Waals surface area contributed by atoms with E-state index in [9.17, 15) is 4.79 Å². The fourth-order valence-corrected chi connectivity index (χ4v) is 5.44. The van der Waals surface area contributed by atoms with Gasteiger partial charge in [0.25, 0.3) is 0 Å². The van der Waals surface area contributed by atoms with Gasteiger partial charge in [-0.25, -0.2) is 4.98 Å². The Morgan fingerprint density at radius 1 is 1.13 bits per heavy atom. The molecule has 3 heterocycles. The Bertz CT molecular complexity index is 1020. The molecule has 5 nitrogen and oxygen atoms in total. The fraction of sp³-hybridized carbons (Fsp3) is 0.417. The van der Waals surface area contributed by atoms with Gasteiger partial charge in [-0.15, -0.1) is 11.3 Å². The monoisotopic (exact) mass is 421 g/mol. The first-order valence-electron chi connectivity index (χ1n) is 10.7. The molecule has 0 N–H and O–H groups in total. The van der Waals surface area contributed by atoms with Crippen LogP contribution in [-0.4, -0.2) is 53.0 Å². The number of ether oxygens (including phenoxy) is 1. The van der Waals surface area contributed by atoms with Crippen molar-refractivity contribution in [2.75, 3.05) is 26.7 Å². The molecule has 0 saturated carbocycles. The zero-order chi connectivity index (χ0) is 20.6. The topological polar surface area (TPSA) is 45.7 Å². The average Bonchev–Trinajstić information content (AvgIpc) is 3.10. The van der Waals surface area contributed by atoms with Crippen LogP contribution in [0, 0.1) is 0 Å². The number of thiazole rings is 1. The quantitative estimate of drug-likeness (QED) is 0.638. The highest BCUT2D eigenvalue weighted by Crippen LogP contribution is 2.35. The Kier molecular flexibility index (Phi) is 5.21. The number of piperidine rings is 1. The van der Waals surface area contributed by atoms with Crippen LogP contribution in [0.1, 0.15) is 29.8 Å². The highest BCUT2D eigenvalue weighted by Gasteiger charge is 2.41. The molecular weight excluding hydrogens is 394 g/mol. The highest BCUT2D eigenvalue weighted by molar-refractivity contribution is 7.18. The van der Waals surface area contributed by atoms with Crippen LogP contribution in [0.4, 0.5) is 0 Å². The zero-order valence-electron chi connectivity index (χ0n) is 17.3. The van der Waals surface area contributed by atoms with Crippen LogP contribution in [0.3, 0.4) is 0 Å². The van der Waals surface area contributed by atoms with Crippen LogP contribution in [0.15, 0.2) is 48.5 Å². The summed E-state index contributed by atoms with van der Waals surface area (Å²) < 4.78 is 7.77. The van der Waals surface area contributed by atoms with Crippen molar-refractivity contribution >= 4 is 27.5 Å². The van der Waals surface area contributed by atoms with Gasteiger partial charge in [0, 0.05) is 50.9 Å². The van der Waals surface area contributed by atoms with E-state index in [1.54, 1.807) is 11.3 Å². The predicted molar refractivity (Wildman–Crippen MR) is 120 cm³/mol. The normalized spacial score (nSPS) is 18.8. The molecule has 2 aliphatic rings. The van der Waals surface area contributed by atoms with Crippen molar-refractivity contribution in [3.05, 3.63) is 59.1 Å². The fourth-order valence-electron chi connectivity index (χ4n) is 4.47. The Balaban J connectivity index is 1.34. The second-order valence-corrected chi connectivity index (χ2v) is 9.64. The van der Waals surface area contributed by atoms with Gasteiger partial charge in [0.2, 0.25) is 5.91 Å². The van der Waals surface area contributed by atoms with Crippen LogP contribution in [0.5, 0.6) is 5.75 Å². The molecule has 1 spiro atoms. The Labute approximate surface area is 181 Å². The van der Waals surface area contributed by atoms with Gasteiger partial charge in [-0.05, 0) is 25.2 Å². The van der Waals surface area contributed by atoms with Crippen molar-refractivity contribution in [2.24, 2.45) is 0 Å². The molecule has 0 radical (unpaired) electrons. The van der Waals surface area contributed by atoms with E-state index in [1.807, 2.05) is 41.3 Å². The maximum Gasteiger partial charge on any atom is 0.223 e. The van der Waals surface area contributed by atoms with Crippen LogP contribution in [-0.2, 0) is 17.8 Å². The van der Waals surface area contributed by atoms with Crippen molar-refractivity contribution in [3.8, 4) is 5.75 Å². The lowest BCUT2D eigenvalue weighted by atomic mass is 9.90. The van der Waals surface area contributed by atoms with E-state index in [4.69, 9.17) is 9.72 Å². The first-order valence-corrected chi connectivity index (χ1v) is 11.5. The van der Waals surface area contributed by atoms with Gasteiger partial charge in [0.15, 0.2) is 0 Å². The molecule has 6 heteroatoms. The number of hydrogen-bond acceptors (Lipinski definition) is 5. The molecule has 0 atom stereocenters. The van der Waals surface area contributed by atoms with Crippen LogP contribution in [0.2, 0.25) is 0 Å². The van der Waals surface area contributed by atoms with Gasteiger partial charge in [0.1, 0.15) is 11.4 Å². The number of nitrogens with zero attached hydrogens (tertiary/aromatic N) is 3. The summed E-state index contributed by atoms with van der Waals surface area (Å²) in [6, 6.07) is 16.3. The Hall–Kier alpha value is -2.44. The minimum atomic E-state index is -0.287. The first kappa shape index (κ1) is 19.5. The van der Waals surface area contributed by atoms with Crippen molar-refractivity contribution in [1.29, 1.82) is 0 Å². The lowest BCUT2D eigenvalue weighted by Crippen LogP contribution is -2.53. The summed E-state index contributed by atoms with van der Waals surface area (Å²) in [4.78, 5) is 22.3. The third kappa shape index (κ3) is 3.94. The summed E-state index contributed by atoms with van der Waals surface area (Å²) in [6.07, 6.45) is 3.06. The molecule has 1 saturated heterocycles. The molecule has 0 unspecified atom stereocenters. The molecule has 30 heavy (non-hydrogen) atoms.